The van der Waals surface area contributed by atoms with E-state index in [9.17, 15) is 14.7 Å². The molecule has 4 aliphatic carbocycles. The molecule has 0 radical (unpaired) electrons. The van der Waals surface area contributed by atoms with Gasteiger partial charge >= 0.3 is 11.6 Å². The first kappa shape index (κ1) is 20.9. The highest BCUT2D eigenvalue weighted by Gasteiger charge is 2.81. The number of carbonyl (C=O) groups excluding carboxylic acids is 1. The van der Waals surface area contributed by atoms with Crippen LogP contribution in [0.3, 0.4) is 0 Å². The topological polar surface area (TPSA) is 89.3 Å². The van der Waals surface area contributed by atoms with E-state index in [-0.39, 0.29) is 40.2 Å². The summed E-state index contributed by atoms with van der Waals surface area (Å²) in [6.45, 7) is 6.12. The predicted molar refractivity (Wildman–Crippen MR) is 116 cm³/mol. The third kappa shape index (κ3) is 2.48. The second-order valence-electron chi connectivity index (χ2n) is 11.7. The van der Waals surface area contributed by atoms with Gasteiger partial charge in [0.05, 0.1) is 18.0 Å². The SMILES string of the molecule is CC(=O)O[C@H]1CC[C@]2(C)[C@H]3CC[C@]4(C)[C@@H](c5ccc(=O)oc5)C[C@H]5O[C@]54C3CC[C@]2(O)C1. The highest BCUT2D eigenvalue weighted by atomic mass is 16.6. The molecule has 2 heterocycles. The Hall–Kier alpha value is -1.66. The van der Waals surface area contributed by atoms with Crippen LogP contribution in [-0.4, -0.2) is 34.5 Å². The van der Waals surface area contributed by atoms with Crippen molar-refractivity contribution >= 4 is 5.97 Å². The van der Waals surface area contributed by atoms with Crippen LogP contribution in [0, 0.1) is 22.7 Å². The number of rotatable bonds is 2. The van der Waals surface area contributed by atoms with E-state index in [1.54, 1.807) is 6.26 Å². The Labute approximate surface area is 188 Å². The largest absolute Gasteiger partial charge is 0.462 e. The quantitative estimate of drug-likeness (QED) is 0.551. The highest BCUT2D eigenvalue weighted by Crippen LogP contribution is 2.78. The van der Waals surface area contributed by atoms with Crippen LogP contribution in [-0.2, 0) is 14.3 Å². The third-order valence-electron chi connectivity index (χ3n) is 10.6. The lowest BCUT2D eigenvalue weighted by atomic mass is 9.42. The normalized spacial score (nSPS) is 51.1. The minimum Gasteiger partial charge on any atom is -0.462 e. The van der Waals surface area contributed by atoms with E-state index in [0.29, 0.717) is 24.2 Å². The Morgan fingerprint density at radius 3 is 2.56 bits per heavy atom. The molecule has 174 valence electrons. The summed E-state index contributed by atoms with van der Waals surface area (Å²) >= 11 is 0. The van der Waals surface area contributed by atoms with Crippen molar-refractivity contribution in [3.8, 4) is 0 Å². The van der Waals surface area contributed by atoms with Gasteiger partial charge in [-0.15, -0.1) is 0 Å². The lowest BCUT2D eigenvalue weighted by Crippen LogP contribution is -2.65. The van der Waals surface area contributed by atoms with Crippen LogP contribution in [0.5, 0.6) is 0 Å². The lowest BCUT2D eigenvalue weighted by molar-refractivity contribution is -0.227. The van der Waals surface area contributed by atoms with Gasteiger partial charge in [0.25, 0.3) is 0 Å². The van der Waals surface area contributed by atoms with Crippen LogP contribution in [0.2, 0.25) is 0 Å². The maximum absolute atomic E-state index is 11.9. The molecule has 6 nitrogen and oxygen atoms in total. The van der Waals surface area contributed by atoms with Crippen LogP contribution < -0.4 is 5.63 Å². The van der Waals surface area contributed by atoms with Crippen LogP contribution in [0.1, 0.15) is 83.6 Å². The van der Waals surface area contributed by atoms with Gasteiger partial charge in [0.15, 0.2) is 0 Å². The number of fused-ring (bicyclic) bond motifs is 3. The summed E-state index contributed by atoms with van der Waals surface area (Å²) < 4.78 is 17.3. The number of hydrogen-bond acceptors (Lipinski definition) is 6. The molecular formula is C26H34O6. The van der Waals surface area contributed by atoms with Crippen molar-refractivity contribution in [1.29, 1.82) is 0 Å². The first-order valence-corrected chi connectivity index (χ1v) is 12.3. The molecule has 6 rings (SSSR count). The van der Waals surface area contributed by atoms with Gasteiger partial charge in [-0.25, -0.2) is 4.79 Å². The molecular weight excluding hydrogens is 408 g/mol. The maximum atomic E-state index is 11.9. The highest BCUT2D eigenvalue weighted by molar-refractivity contribution is 5.66. The molecule has 5 fully saturated rings. The minimum absolute atomic E-state index is 0.0134. The second kappa shape index (κ2) is 6.47. The summed E-state index contributed by atoms with van der Waals surface area (Å²) in [6.07, 6.45) is 8.77. The summed E-state index contributed by atoms with van der Waals surface area (Å²) in [7, 11) is 0. The molecule has 1 unspecified atom stereocenters. The van der Waals surface area contributed by atoms with Gasteiger partial charge in [-0.3, -0.25) is 4.79 Å². The van der Waals surface area contributed by atoms with Crippen LogP contribution in [0.15, 0.2) is 27.6 Å². The van der Waals surface area contributed by atoms with E-state index in [1.165, 1.54) is 13.0 Å². The van der Waals surface area contributed by atoms with Crippen molar-refractivity contribution in [1.82, 2.24) is 0 Å². The summed E-state index contributed by atoms with van der Waals surface area (Å²) in [6, 6.07) is 3.47. The van der Waals surface area contributed by atoms with Gasteiger partial charge in [0.1, 0.15) is 11.7 Å². The zero-order chi connectivity index (χ0) is 22.5. The zero-order valence-electron chi connectivity index (χ0n) is 19.3. The predicted octanol–water partition coefficient (Wildman–Crippen LogP) is 3.94. The number of epoxide rings is 1. The first-order chi connectivity index (χ1) is 15.1. The van der Waals surface area contributed by atoms with Crippen LogP contribution in [0.25, 0.3) is 0 Å². The first-order valence-electron chi connectivity index (χ1n) is 12.3. The Balaban J connectivity index is 1.31. The second-order valence-corrected chi connectivity index (χ2v) is 11.7. The number of carbonyl (C=O) groups is 1. The molecule has 5 aliphatic rings. The van der Waals surface area contributed by atoms with E-state index < -0.39 is 5.60 Å². The fraction of sp³-hybridized carbons (Fsp3) is 0.769. The van der Waals surface area contributed by atoms with Gasteiger partial charge in [0.2, 0.25) is 0 Å². The molecule has 1 aliphatic heterocycles. The van der Waals surface area contributed by atoms with Gasteiger partial charge < -0.3 is 19.0 Å². The molecule has 9 atom stereocenters. The molecule has 0 aromatic carbocycles. The van der Waals surface area contributed by atoms with Crippen molar-refractivity contribution in [2.24, 2.45) is 22.7 Å². The number of esters is 1. The fourth-order valence-electron chi connectivity index (χ4n) is 9.05. The van der Waals surface area contributed by atoms with Crippen molar-refractivity contribution in [2.75, 3.05) is 0 Å². The molecule has 1 saturated heterocycles. The van der Waals surface area contributed by atoms with Gasteiger partial charge in [-0.2, -0.15) is 0 Å². The standard InChI is InChI=1S/C26H34O6/c1-15(27)31-17-6-9-23(2)18-7-10-24(3)20(16-4-5-22(28)30-14-16)12-21-26(24,32-21)19(18)8-11-25(23,29)13-17/h4-5,14,17-21,29H,6-13H2,1-3H3/t17-,18-,19?,20+,21+,23+,24+,25-,26+/m0/s1. The van der Waals surface area contributed by atoms with Gasteiger partial charge in [0, 0.05) is 24.8 Å². The molecule has 6 heteroatoms. The van der Waals surface area contributed by atoms with Gasteiger partial charge in [-0.1, -0.05) is 13.8 Å². The van der Waals surface area contributed by atoms with Crippen molar-refractivity contribution in [3.05, 3.63) is 34.4 Å². The smallest absolute Gasteiger partial charge is 0.335 e. The summed E-state index contributed by atoms with van der Waals surface area (Å²) in [4.78, 5) is 23.0. The summed E-state index contributed by atoms with van der Waals surface area (Å²) in [5.41, 5.74) is -0.284. The fourth-order valence-corrected chi connectivity index (χ4v) is 9.05. The molecule has 1 N–H and O–H groups in total. The molecule has 1 aromatic heterocycles. The number of ether oxygens (including phenoxy) is 2. The molecule has 0 amide bonds. The van der Waals surface area contributed by atoms with E-state index in [1.807, 2.05) is 6.07 Å². The lowest BCUT2D eigenvalue weighted by Gasteiger charge is -2.64. The van der Waals surface area contributed by atoms with E-state index in [4.69, 9.17) is 13.9 Å². The Morgan fingerprint density at radius 2 is 1.84 bits per heavy atom. The molecule has 1 spiro atoms. The van der Waals surface area contributed by atoms with Crippen LogP contribution in [0.4, 0.5) is 0 Å². The van der Waals surface area contributed by atoms with Crippen molar-refractivity contribution < 1.29 is 23.8 Å². The number of hydrogen-bond donors (Lipinski definition) is 1. The van der Waals surface area contributed by atoms with Gasteiger partial charge in [-0.05, 0) is 79.7 Å². The summed E-state index contributed by atoms with van der Waals surface area (Å²) in [5.74, 6) is 0.915. The number of aliphatic hydroxyl groups is 1. The van der Waals surface area contributed by atoms with Crippen molar-refractivity contribution in [2.45, 2.75) is 101 Å². The molecule has 4 saturated carbocycles. The minimum atomic E-state index is -0.790. The average molecular weight is 443 g/mol. The van der Waals surface area contributed by atoms with E-state index >= 15 is 0 Å². The van der Waals surface area contributed by atoms with E-state index in [2.05, 4.69) is 13.8 Å². The third-order valence-corrected chi connectivity index (χ3v) is 10.6. The van der Waals surface area contributed by atoms with Crippen molar-refractivity contribution in [3.63, 3.8) is 0 Å². The van der Waals surface area contributed by atoms with E-state index in [0.717, 1.165) is 50.5 Å². The molecule has 32 heavy (non-hydrogen) atoms. The monoisotopic (exact) mass is 442 g/mol. The maximum Gasteiger partial charge on any atom is 0.335 e. The Morgan fingerprint density at radius 1 is 1.09 bits per heavy atom. The molecule has 1 aromatic rings. The Kier molecular flexibility index (Phi) is 4.23. The summed E-state index contributed by atoms with van der Waals surface area (Å²) in [5, 5.41) is 11.9. The van der Waals surface area contributed by atoms with Crippen LogP contribution >= 0.6 is 0 Å². The molecule has 0 bridgehead atoms. The Bertz CT molecular complexity index is 997. The average Bonchev–Trinajstić information content (AvgIpc) is 3.39. The zero-order valence-corrected chi connectivity index (χ0v) is 19.3.